The molecule has 3 heterocycles. The average Bonchev–Trinajstić information content (AvgIpc) is 3.17. The van der Waals surface area contributed by atoms with Crippen LogP contribution in [0, 0.1) is 0 Å². The van der Waals surface area contributed by atoms with E-state index in [1.165, 1.54) is 0 Å². The molecule has 0 aliphatic carbocycles. The Balaban J connectivity index is 1.40. The summed E-state index contributed by atoms with van der Waals surface area (Å²) in [6.07, 6.45) is 7.50. The average molecular weight is 295 g/mol. The molecule has 3 aliphatic heterocycles. The third-order valence-corrected chi connectivity index (χ3v) is 5.31. The van der Waals surface area contributed by atoms with Crippen LogP contribution < -0.4 is 5.73 Å². The van der Waals surface area contributed by atoms with E-state index in [0.717, 1.165) is 71.3 Å². The summed E-state index contributed by atoms with van der Waals surface area (Å²) < 4.78 is 5.60. The van der Waals surface area contributed by atoms with Gasteiger partial charge in [-0.3, -0.25) is 9.69 Å². The summed E-state index contributed by atoms with van der Waals surface area (Å²) in [6, 6.07) is 0.941. The number of rotatable bonds is 4. The Labute approximate surface area is 127 Å². The SMILES string of the molecule is NC1CCN(C2CCN(C(=O)CCC3CCCO3)C2)CC1. The van der Waals surface area contributed by atoms with Gasteiger partial charge in [0.1, 0.15) is 0 Å². The largest absolute Gasteiger partial charge is 0.378 e. The highest BCUT2D eigenvalue weighted by atomic mass is 16.5. The lowest BCUT2D eigenvalue weighted by Gasteiger charge is -2.34. The van der Waals surface area contributed by atoms with Crippen LogP contribution in [0.4, 0.5) is 0 Å². The first-order valence-electron chi connectivity index (χ1n) is 8.61. The van der Waals surface area contributed by atoms with E-state index in [2.05, 4.69) is 9.80 Å². The highest BCUT2D eigenvalue weighted by Crippen LogP contribution is 2.22. The van der Waals surface area contributed by atoms with E-state index in [9.17, 15) is 4.79 Å². The first kappa shape index (κ1) is 15.3. The molecule has 3 rings (SSSR count). The Kier molecular flexibility index (Phi) is 5.14. The first-order chi connectivity index (χ1) is 10.2. The van der Waals surface area contributed by atoms with Gasteiger partial charge in [0, 0.05) is 38.2 Å². The molecule has 0 spiro atoms. The van der Waals surface area contributed by atoms with Crippen molar-refractivity contribution in [2.75, 3.05) is 32.8 Å². The molecular weight excluding hydrogens is 266 g/mol. The van der Waals surface area contributed by atoms with Crippen molar-refractivity contribution in [1.29, 1.82) is 0 Å². The van der Waals surface area contributed by atoms with Gasteiger partial charge in [-0.2, -0.15) is 0 Å². The second kappa shape index (κ2) is 7.07. The van der Waals surface area contributed by atoms with Crippen molar-refractivity contribution in [3.63, 3.8) is 0 Å². The Bertz CT molecular complexity index is 349. The third-order valence-electron chi connectivity index (χ3n) is 5.31. The van der Waals surface area contributed by atoms with Gasteiger partial charge >= 0.3 is 0 Å². The number of carbonyl (C=O) groups is 1. The molecule has 0 saturated carbocycles. The van der Waals surface area contributed by atoms with Crippen molar-refractivity contribution in [2.24, 2.45) is 5.73 Å². The molecule has 5 heteroatoms. The maximum atomic E-state index is 12.3. The number of likely N-dealkylation sites (tertiary alicyclic amines) is 2. The quantitative estimate of drug-likeness (QED) is 0.839. The van der Waals surface area contributed by atoms with Gasteiger partial charge in [0.2, 0.25) is 5.91 Å². The van der Waals surface area contributed by atoms with E-state index < -0.39 is 0 Å². The summed E-state index contributed by atoms with van der Waals surface area (Å²) in [5.74, 6) is 0.321. The highest BCUT2D eigenvalue weighted by molar-refractivity contribution is 5.76. The van der Waals surface area contributed by atoms with Crippen molar-refractivity contribution in [2.45, 2.75) is 63.1 Å². The minimum absolute atomic E-state index is 0.321. The van der Waals surface area contributed by atoms with Crippen LogP contribution >= 0.6 is 0 Å². The molecule has 1 amide bonds. The Morgan fingerprint density at radius 1 is 1.14 bits per heavy atom. The van der Waals surface area contributed by atoms with E-state index in [-0.39, 0.29) is 0 Å². The summed E-state index contributed by atoms with van der Waals surface area (Å²) in [5, 5.41) is 0. The van der Waals surface area contributed by atoms with Gasteiger partial charge in [0.25, 0.3) is 0 Å². The molecule has 0 aromatic rings. The normalized spacial score (nSPS) is 32.0. The van der Waals surface area contributed by atoms with Gasteiger partial charge in [-0.25, -0.2) is 0 Å². The van der Waals surface area contributed by atoms with Crippen molar-refractivity contribution >= 4 is 5.91 Å². The fraction of sp³-hybridized carbons (Fsp3) is 0.938. The van der Waals surface area contributed by atoms with Gasteiger partial charge in [-0.05, 0) is 51.6 Å². The van der Waals surface area contributed by atoms with Crippen LogP contribution in [-0.2, 0) is 9.53 Å². The molecule has 3 saturated heterocycles. The molecule has 3 fully saturated rings. The van der Waals surface area contributed by atoms with Gasteiger partial charge in [0.05, 0.1) is 6.10 Å². The number of nitrogens with zero attached hydrogens (tertiary/aromatic N) is 2. The van der Waals surface area contributed by atoms with Crippen molar-refractivity contribution in [3.8, 4) is 0 Å². The Morgan fingerprint density at radius 2 is 1.95 bits per heavy atom. The summed E-state index contributed by atoms with van der Waals surface area (Å²) in [4.78, 5) is 16.9. The summed E-state index contributed by atoms with van der Waals surface area (Å²) in [7, 11) is 0. The van der Waals surface area contributed by atoms with Crippen molar-refractivity contribution < 1.29 is 9.53 Å². The second-order valence-corrected chi connectivity index (χ2v) is 6.83. The van der Waals surface area contributed by atoms with Gasteiger partial charge < -0.3 is 15.4 Å². The third kappa shape index (κ3) is 3.96. The second-order valence-electron chi connectivity index (χ2n) is 6.83. The molecule has 120 valence electrons. The number of piperidine rings is 1. The number of amides is 1. The van der Waals surface area contributed by atoms with Crippen LogP contribution in [0.2, 0.25) is 0 Å². The van der Waals surface area contributed by atoms with Crippen LogP contribution in [0.5, 0.6) is 0 Å². The number of hydrogen-bond donors (Lipinski definition) is 1. The predicted molar refractivity (Wildman–Crippen MR) is 82.0 cm³/mol. The molecule has 0 aromatic carbocycles. The van der Waals surface area contributed by atoms with Crippen LogP contribution in [0.15, 0.2) is 0 Å². The molecule has 21 heavy (non-hydrogen) atoms. The standard InChI is InChI=1S/C16H29N3O2/c17-13-5-8-18(9-6-13)14-7-10-19(12-14)16(20)4-3-15-2-1-11-21-15/h13-15H,1-12,17H2. The predicted octanol–water partition coefficient (Wildman–Crippen LogP) is 0.970. The lowest BCUT2D eigenvalue weighted by molar-refractivity contribution is -0.131. The summed E-state index contributed by atoms with van der Waals surface area (Å²) >= 11 is 0. The maximum Gasteiger partial charge on any atom is 0.222 e. The fourth-order valence-electron chi connectivity index (χ4n) is 3.87. The molecule has 5 nitrogen and oxygen atoms in total. The topological polar surface area (TPSA) is 58.8 Å². The van der Waals surface area contributed by atoms with Gasteiger partial charge in [0.15, 0.2) is 0 Å². The number of nitrogens with two attached hydrogens (primary N) is 1. The van der Waals surface area contributed by atoms with E-state index in [0.29, 0.717) is 30.5 Å². The minimum atomic E-state index is 0.321. The van der Waals surface area contributed by atoms with E-state index in [1.807, 2.05) is 0 Å². The zero-order valence-corrected chi connectivity index (χ0v) is 13.0. The molecule has 2 N–H and O–H groups in total. The Hall–Kier alpha value is -0.650. The molecular formula is C16H29N3O2. The van der Waals surface area contributed by atoms with E-state index in [1.54, 1.807) is 0 Å². The summed E-state index contributed by atoms with van der Waals surface area (Å²) in [6.45, 7) is 4.92. The van der Waals surface area contributed by atoms with Crippen molar-refractivity contribution in [3.05, 3.63) is 0 Å². The lowest BCUT2D eigenvalue weighted by Crippen LogP contribution is -2.46. The van der Waals surface area contributed by atoms with E-state index >= 15 is 0 Å². The van der Waals surface area contributed by atoms with Crippen LogP contribution in [-0.4, -0.2) is 66.7 Å². The molecule has 2 unspecified atom stereocenters. The Morgan fingerprint density at radius 3 is 2.67 bits per heavy atom. The van der Waals surface area contributed by atoms with Crippen LogP contribution in [0.3, 0.4) is 0 Å². The number of hydrogen-bond acceptors (Lipinski definition) is 4. The molecule has 0 aromatic heterocycles. The smallest absolute Gasteiger partial charge is 0.222 e. The zero-order valence-electron chi connectivity index (χ0n) is 13.0. The van der Waals surface area contributed by atoms with E-state index in [4.69, 9.17) is 10.5 Å². The first-order valence-corrected chi connectivity index (χ1v) is 8.61. The molecule has 3 aliphatic rings. The highest BCUT2D eigenvalue weighted by Gasteiger charge is 2.32. The zero-order chi connectivity index (χ0) is 14.7. The molecule has 0 bridgehead atoms. The van der Waals surface area contributed by atoms with Gasteiger partial charge in [-0.15, -0.1) is 0 Å². The monoisotopic (exact) mass is 295 g/mol. The minimum Gasteiger partial charge on any atom is -0.378 e. The summed E-state index contributed by atoms with van der Waals surface area (Å²) in [5.41, 5.74) is 5.97. The van der Waals surface area contributed by atoms with Crippen molar-refractivity contribution in [1.82, 2.24) is 9.80 Å². The number of carbonyl (C=O) groups excluding carboxylic acids is 1. The maximum absolute atomic E-state index is 12.3. The van der Waals surface area contributed by atoms with Crippen LogP contribution in [0.25, 0.3) is 0 Å². The van der Waals surface area contributed by atoms with Crippen LogP contribution in [0.1, 0.15) is 44.9 Å². The fourth-order valence-corrected chi connectivity index (χ4v) is 3.87. The molecule has 2 atom stereocenters. The lowest BCUT2D eigenvalue weighted by atomic mass is 10.0. The van der Waals surface area contributed by atoms with Gasteiger partial charge in [-0.1, -0.05) is 0 Å². The number of ether oxygens (including phenoxy) is 1. The molecule has 0 radical (unpaired) electrons.